The number of benzene rings is 1. The van der Waals surface area contributed by atoms with Gasteiger partial charge in [0.2, 0.25) is 0 Å². The van der Waals surface area contributed by atoms with Crippen molar-refractivity contribution >= 4 is 29.5 Å². The van der Waals surface area contributed by atoms with Crippen LogP contribution in [0.4, 0.5) is 4.79 Å². The van der Waals surface area contributed by atoms with Gasteiger partial charge in [0.15, 0.2) is 0 Å². The molecule has 22 heavy (non-hydrogen) atoms. The summed E-state index contributed by atoms with van der Waals surface area (Å²) in [6, 6.07) is 6.40. The molecule has 0 radical (unpaired) electrons. The predicted molar refractivity (Wildman–Crippen MR) is 80.3 cm³/mol. The Morgan fingerprint density at radius 1 is 1.36 bits per heavy atom. The fourth-order valence-electron chi connectivity index (χ4n) is 2.19. The number of imide groups is 1. The number of urea groups is 1. The van der Waals surface area contributed by atoms with Crippen molar-refractivity contribution in [1.82, 2.24) is 10.2 Å². The van der Waals surface area contributed by atoms with E-state index in [-0.39, 0.29) is 0 Å². The van der Waals surface area contributed by atoms with Crippen LogP contribution in [0.1, 0.15) is 32.4 Å². The highest BCUT2D eigenvalue weighted by molar-refractivity contribution is 6.31. The van der Waals surface area contributed by atoms with Gasteiger partial charge in [0.1, 0.15) is 18.2 Å². The summed E-state index contributed by atoms with van der Waals surface area (Å²) in [5.74, 6) is -1.13. The Bertz CT molecular complexity index is 630. The van der Waals surface area contributed by atoms with Crippen molar-refractivity contribution in [2.45, 2.75) is 32.4 Å². The zero-order valence-electron chi connectivity index (χ0n) is 12.6. The Hall–Kier alpha value is -2.08. The summed E-state index contributed by atoms with van der Waals surface area (Å²) in [6.45, 7) is 4.40. The van der Waals surface area contributed by atoms with E-state index in [1.165, 1.54) is 0 Å². The van der Waals surface area contributed by atoms with Gasteiger partial charge in [0, 0.05) is 10.6 Å². The van der Waals surface area contributed by atoms with Gasteiger partial charge >= 0.3 is 12.0 Å². The molecule has 0 aliphatic carbocycles. The SMILES string of the molecule is C[C@@H](OC(=O)CN1C(=O)NC(C)(C)C1=O)c1ccccc1Cl. The second-order valence-corrected chi connectivity index (χ2v) is 6.01. The highest BCUT2D eigenvalue weighted by Gasteiger charge is 2.45. The summed E-state index contributed by atoms with van der Waals surface area (Å²) >= 11 is 6.04. The van der Waals surface area contributed by atoms with E-state index in [4.69, 9.17) is 16.3 Å². The van der Waals surface area contributed by atoms with Crippen molar-refractivity contribution in [2.75, 3.05) is 6.54 Å². The number of rotatable bonds is 4. The van der Waals surface area contributed by atoms with Gasteiger partial charge in [-0.3, -0.25) is 14.5 Å². The molecule has 1 atom stereocenters. The third-order valence-electron chi connectivity index (χ3n) is 3.38. The van der Waals surface area contributed by atoms with Crippen molar-refractivity contribution in [2.24, 2.45) is 0 Å². The Morgan fingerprint density at radius 3 is 2.55 bits per heavy atom. The normalized spacial score (nSPS) is 18.1. The van der Waals surface area contributed by atoms with Crippen LogP contribution in [0.25, 0.3) is 0 Å². The van der Waals surface area contributed by atoms with Crippen molar-refractivity contribution in [1.29, 1.82) is 0 Å². The summed E-state index contributed by atoms with van der Waals surface area (Å²) in [5, 5.41) is 2.99. The maximum Gasteiger partial charge on any atom is 0.326 e. The fourth-order valence-corrected chi connectivity index (χ4v) is 2.48. The first kappa shape index (κ1) is 16.3. The molecule has 1 heterocycles. The Kier molecular flexibility index (Phi) is 4.42. The van der Waals surface area contributed by atoms with Crippen LogP contribution in [-0.4, -0.2) is 34.9 Å². The minimum Gasteiger partial charge on any atom is -0.456 e. The van der Waals surface area contributed by atoms with E-state index < -0.39 is 36.1 Å². The largest absolute Gasteiger partial charge is 0.456 e. The maximum absolute atomic E-state index is 12.0. The van der Waals surface area contributed by atoms with Crippen LogP contribution in [0.3, 0.4) is 0 Å². The zero-order chi connectivity index (χ0) is 16.5. The zero-order valence-corrected chi connectivity index (χ0v) is 13.3. The molecule has 6 nitrogen and oxygen atoms in total. The molecule has 1 aromatic rings. The average Bonchev–Trinajstić information content (AvgIpc) is 2.61. The third-order valence-corrected chi connectivity index (χ3v) is 3.73. The number of nitrogens with zero attached hydrogens (tertiary/aromatic N) is 1. The summed E-state index contributed by atoms with van der Waals surface area (Å²) in [5.41, 5.74) is -0.346. The lowest BCUT2D eigenvalue weighted by Gasteiger charge is -2.18. The van der Waals surface area contributed by atoms with Gasteiger partial charge < -0.3 is 10.1 Å². The number of hydrogen-bond donors (Lipinski definition) is 1. The molecule has 0 aromatic heterocycles. The molecule has 2 rings (SSSR count). The van der Waals surface area contributed by atoms with E-state index in [0.29, 0.717) is 10.6 Å². The number of carbonyl (C=O) groups excluding carboxylic acids is 3. The first-order valence-corrected chi connectivity index (χ1v) is 7.18. The maximum atomic E-state index is 12.0. The molecule has 7 heteroatoms. The molecule has 118 valence electrons. The predicted octanol–water partition coefficient (Wildman–Crippen LogP) is 2.27. The molecule has 1 aliphatic heterocycles. The van der Waals surface area contributed by atoms with Crippen LogP contribution >= 0.6 is 11.6 Å². The Balaban J connectivity index is 2.01. The van der Waals surface area contributed by atoms with Crippen LogP contribution in [-0.2, 0) is 14.3 Å². The van der Waals surface area contributed by atoms with Crippen LogP contribution in [0.5, 0.6) is 0 Å². The van der Waals surface area contributed by atoms with Gasteiger partial charge in [-0.15, -0.1) is 0 Å². The lowest BCUT2D eigenvalue weighted by Crippen LogP contribution is -2.41. The van der Waals surface area contributed by atoms with Crippen LogP contribution in [0.15, 0.2) is 24.3 Å². The van der Waals surface area contributed by atoms with Crippen molar-refractivity contribution in [3.05, 3.63) is 34.9 Å². The summed E-state index contributed by atoms with van der Waals surface area (Å²) in [6.07, 6.45) is -0.574. The molecule has 3 amide bonds. The molecule has 0 bridgehead atoms. The minimum absolute atomic E-state index is 0.428. The lowest BCUT2D eigenvalue weighted by molar-refractivity contribution is -0.151. The van der Waals surface area contributed by atoms with E-state index in [0.717, 1.165) is 4.90 Å². The molecule has 1 fully saturated rings. The van der Waals surface area contributed by atoms with Gasteiger partial charge in [-0.2, -0.15) is 0 Å². The number of hydrogen-bond acceptors (Lipinski definition) is 4. The molecule has 0 unspecified atom stereocenters. The Morgan fingerprint density at radius 2 is 2.00 bits per heavy atom. The van der Waals surface area contributed by atoms with Crippen LogP contribution in [0.2, 0.25) is 5.02 Å². The molecule has 1 N–H and O–H groups in total. The van der Waals surface area contributed by atoms with Crippen molar-refractivity contribution in [3.8, 4) is 0 Å². The number of carbonyl (C=O) groups is 3. The van der Waals surface area contributed by atoms with Crippen molar-refractivity contribution in [3.63, 3.8) is 0 Å². The summed E-state index contributed by atoms with van der Waals surface area (Å²) in [7, 11) is 0. The average molecular weight is 325 g/mol. The number of nitrogens with one attached hydrogen (secondary N) is 1. The standard InChI is InChI=1S/C15H17ClN2O4/c1-9(10-6-4-5-7-11(10)16)22-12(19)8-18-13(20)15(2,3)17-14(18)21/h4-7,9H,8H2,1-3H3,(H,17,21)/t9-/m1/s1. The third kappa shape index (κ3) is 3.22. The first-order chi connectivity index (χ1) is 10.2. The highest BCUT2D eigenvalue weighted by atomic mass is 35.5. The van der Waals surface area contributed by atoms with E-state index in [1.807, 2.05) is 0 Å². The molecule has 1 aromatic carbocycles. The topological polar surface area (TPSA) is 75.7 Å². The number of halogens is 1. The molecular formula is C15H17ClN2O4. The monoisotopic (exact) mass is 324 g/mol. The number of esters is 1. The molecular weight excluding hydrogens is 308 g/mol. The summed E-state index contributed by atoms with van der Waals surface area (Å²) < 4.78 is 5.25. The van der Waals surface area contributed by atoms with E-state index in [1.54, 1.807) is 45.0 Å². The minimum atomic E-state index is -1.01. The van der Waals surface area contributed by atoms with Gasteiger partial charge in [-0.25, -0.2) is 4.79 Å². The molecule has 1 saturated heterocycles. The second kappa shape index (κ2) is 5.96. The van der Waals surface area contributed by atoms with E-state index >= 15 is 0 Å². The van der Waals surface area contributed by atoms with Gasteiger partial charge in [-0.05, 0) is 26.8 Å². The quantitative estimate of drug-likeness (QED) is 0.681. The van der Waals surface area contributed by atoms with Crippen LogP contribution in [0, 0.1) is 0 Å². The van der Waals surface area contributed by atoms with Crippen LogP contribution < -0.4 is 5.32 Å². The second-order valence-electron chi connectivity index (χ2n) is 5.60. The highest BCUT2D eigenvalue weighted by Crippen LogP contribution is 2.25. The van der Waals surface area contributed by atoms with Crippen molar-refractivity contribution < 1.29 is 19.1 Å². The van der Waals surface area contributed by atoms with E-state index in [9.17, 15) is 14.4 Å². The first-order valence-electron chi connectivity index (χ1n) is 6.80. The molecule has 1 aliphatic rings. The fraction of sp³-hybridized carbons (Fsp3) is 0.400. The van der Waals surface area contributed by atoms with E-state index in [2.05, 4.69) is 5.32 Å². The number of ether oxygens (including phenoxy) is 1. The molecule has 0 spiro atoms. The number of amides is 3. The lowest BCUT2D eigenvalue weighted by atomic mass is 10.1. The van der Waals surface area contributed by atoms with Gasteiger partial charge in [0.25, 0.3) is 5.91 Å². The van der Waals surface area contributed by atoms with Gasteiger partial charge in [-0.1, -0.05) is 29.8 Å². The Labute approximate surface area is 133 Å². The van der Waals surface area contributed by atoms with Gasteiger partial charge in [0.05, 0.1) is 0 Å². The molecule has 0 saturated carbocycles. The summed E-state index contributed by atoms with van der Waals surface area (Å²) in [4.78, 5) is 36.5. The smallest absolute Gasteiger partial charge is 0.326 e.